The Labute approximate surface area is 158 Å². The minimum atomic E-state index is 0.765. The zero-order chi connectivity index (χ0) is 18.6. The van der Waals surface area contributed by atoms with Crippen molar-refractivity contribution < 1.29 is 9.47 Å². The standard InChI is InChI=1S/C21H22N4O2/c1-26-18-4-3-16(20(11-18)27-2)13-25-10-7-19-17(14-25)12-23-21(24-19)15-5-8-22-9-6-15/h3-6,8-9,11-12H,7,10,13-14H2,1-2H3. The van der Waals surface area contributed by atoms with Crippen LogP contribution in [0, 0.1) is 0 Å². The smallest absolute Gasteiger partial charge is 0.159 e. The summed E-state index contributed by atoms with van der Waals surface area (Å²) in [7, 11) is 3.36. The predicted molar refractivity (Wildman–Crippen MR) is 103 cm³/mol. The summed E-state index contributed by atoms with van der Waals surface area (Å²) in [6, 6.07) is 9.84. The van der Waals surface area contributed by atoms with Crippen LogP contribution in [0.15, 0.2) is 48.9 Å². The molecule has 0 aliphatic carbocycles. The van der Waals surface area contributed by atoms with Gasteiger partial charge in [0.25, 0.3) is 0 Å². The lowest BCUT2D eigenvalue weighted by atomic mass is 10.1. The number of rotatable bonds is 5. The lowest BCUT2D eigenvalue weighted by Crippen LogP contribution is -2.31. The second-order valence-electron chi connectivity index (χ2n) is 6.54. The average molecular weight is 362 g/mol. The molecular formula is C21H22N4O2. The number of methoxy groups -OCH3 is 2. The van der Waals surface area contributed by atoms with Crippen molar-refractivity contribution in [1.29, 1.82) is 0 Å². The summed E-state index contributed by atoms with van der Waals surface area (Å²) in [5.74, 6) is 2.42. The van der Waals surface area contributed by atoms with Gasteiger partial charge in [0, 0.05) is 67.4 Å². The van der Waals surface area contributed by atoms with Gasteiger partial charge in [-0.25, -0.2) is 9.97 Å². The molecule has 2 aromatic heterocycles. The van der Waals surface area contributed by atoms with Crippen LogP contribution in [0.25, 0.3) is 11.4 Å². The first-order chi connectivity index (χ1) is 13.3. The summed E-state index contributed by atoms with van der Waals surface area (Å²) < 4.78 is 10.8. The van der Waals surface area contributed by atoms with Gasteiger partial charge in [0.05, 0.1) is 19.9 Å². The molecule has 0 spiro atoms. The van der Waals surface area contributed by atoms with E-state index in [9.17, 15) is 0 Å². The third-order valence-corrected chi connectivity index (χ3v) is 4.84. The monoisotopic (exact) mass is 362 g/mol. The van der Waals surface area contributed by atoms with E-state index < -0.39 is 0 Å². The highest BCUT2D eigenvalue weighted by Gasteiger charge is 2.20. The Kier molecular flexibility index (Phi) is 4.98. The normalized spacial score (nSPS) is 13.9. The molecular weight excluding hydrogens is 340 g/mol. The maximum absolute atomic E-state index is 5.53. The number of hydrogen-bond acceptors (Lipinski definition) is 6. The van der Waals surface area contributed by atoms with Crippen molar-refractivity contribution >= 4 is 0 Å². The van der Waals surface area contributed by atoms with E-state index >= 15 is 0 Å². The Morgan fingerprint density at radius 1 is 1.07 bits per heavy atom. The van der Waals surface area contributed by atoms with E-state index in [4.69, 9.17) is 14.5 Å². The number of ether oxygens (including phenoxy) is 2. The van der Waals surface area contributed by atoms with Crippen molar-refractivity contribution in [3.63, 3.8) is 0 Å². The van der Waals surface area contributed by atoms with Gasteiger partial charge in [-0.15, -0.1) is 0 Å². The first kappa shape index (κ1) is 17.4. The Morgan fingerprint density at radius 2 is 1.93 bits per heavy atom. The van der Waals surface area contributed by atoms with Crippen molar-refractivity contribution in [3.8, 4) is 22.9 Å². The molecule has 3 heterocycles. The number of fused-ring (bicyclic) bond motifs is 1. The topological polar surface area (TPSA) is 60.4 Å². The van der Waals surface area contributed by atoms with Crippen LogP contribution in [-0.2, 0) is 19.5 Å². The van der Waals surface area contributed by atoms with Crippen LogP contribution in [0.4, 0.5) is 0 Å². The maximum Gasteiger partial charge on any atom is 0.159 e. The van der Waals surface area contributed by atoms with Crippen LogP contribution in [0.1, 0.15) is 16.8 Å². The highest BCUT2D eigenvalue weighted by Crippen LogP contribution is 2.28. The largest absolute Gasteiger partial charge is 0.497 e. The summed E-state index contributed by atoms with van der Waals surface area (Å²) in [5, 5.41) is 0. The van der Waals surface area contributed by atoms with Crippen LogP contribution in [0.3, 0.4) is 0 Å². The number of pyridine rings is 1. The summed E-state index contributed by atoms with van der Waals surface area (Å²) in [6.45, 7) is 2.61. The quantitative estimate of drug-likeness (QED) is 0.695. The molecule has 4 rings (SSSR count). The molecule has 0 unspecified atom stereocenters. The maximum atomic E-state index is 5.53. The molecule has 0 amide bonds. The summed E-state index contributed by atoms with van der Waals surface area (Å²) in [4.78, 5) is 15.8. The molecule has 0 bridgehead atoms. The van der Waals surface area contributed by atoms with Crippen molar-refractivity contribution in [2.24, 2.45) is 0 Å². The van der Waals surface area contributed by atoms with Crippen molar-refractivity contribution in [3.05, 3.63) is 65.7 Å². The Hall–Kier alpha value is -2.99. The van der Waals surface area contributed by atoms with Crippen LogP contribution in [0.5, 0.6) is 11.5 Å². The van der Waals surface area contributed by atoms with E-state index in [0.717, 1.165) is 60.2 Å². The van der Waals surface area contributed by atoms with Crippen LogP contribution in [0.2, 0.25) is 0 Å². The molecule has 0 N–H and O–H groups in total. The molecule has 1 aliphatic rings. The van der Waals surface area contributed by atoms with Gasteiger partial charge < -0.3 is 9.47 Å². The molecule has 0 fully saturated rings. The molecule has 6 heteroatoms. The third kappa shape index (κ3) is 3.75. The molecule has 27 heavy (non-hydrogen) atoms. The highest BCUT2D eigenvalue weighted by atomic mass is 16.5. The second kappa shape index (κ2) is 7.72. The third-order valence-electron chi connectivity index (χ3n) is 4.84. The fourth-order valence-corrected chi connectivity index (χ4v) is 3.37. The molecule has 1 aliphatic heterocycles. The van der Waals surface area contributed by atoms with E-state index in [2.05, 4.69) is 20.9 Å². The van der Waals surface area contributed by atoms with Crippen LogP contribution in [-0.4, -0.2) is 40.6 Å². The SMILES string of the molecule is COc1ccc(CN2CCc3nc(-c4ccncc4)ncc3C2)c(OC)c1. The Morgan fingerprint density at radius 3 is 2.70 bits per heavy atom. The van der Waals surface area contributed by atoms with Gasteiger partial charge in [-0.1, -0.05) is 6.07 Å². The molecule has 0 atom stereocenters. The van der Waals surface area contributed by atoms with Crippen molar-refractivity contribution in [1.82, 2.24) is 19.9 Å². The fraction of sp³-hybridized carbons (Fsp3) is 0.286. The van der Waals surface area contributed by atoms with Gasteiger partial charge in [0.2, 0.25) is 0 Å². The Balaban J connectivity index is 1.51. The number of benzene rings is 1. The number of hydrogen-bond donors (Lipinski definition) is 0. The second-order valence-corrected chi connectivity index (χ2v) is 6.54. The van der Waals surface area contributed by atoms with Gasteiger partial charge in [0.15, 0.2) is 5.82 Å². The minimum Gasteiger partial charge on any atom is -0.497 e. The molecule has 3 aromatic rings. The molecule has 0 saturated heterocycles. The molecule has 0 radical (unpaired) electrons. The molecule has 6 nitrogen and oxygen atoms in total. The number of aromatic nitrogens is 3. The van der Waals surface area contributed by atoms with E-state index in [0.29, 0.717) is 0 Å². The lowest BCUT2D eigenvalue weighted by molar-refractivity contribution is 0.239. The zero-order valence-electron chi connectivity index (χ0n) is 15.6. The van der Waals surface area contributed by atoms with Gasteiger partial charge in [-0.3, -0.25) is 9.88 Å². The fourth-order valence-electron chi connectivity index (χ4n) is 3.37. The first-order valence-electron chi connectivity index (χ1n) is 8.95. The lowest BCUT2D eigenvalue weighted by Gasteiger charge is -2.28. The van der Waals surface area contributed by atoms with E-state index in [1.807, 2.05) is 30.5 Å². The van der Waals surface area contributed by atoms with Crippen molar-refractivity contribution in [2.45, 2.75) is 19.5 Å². The minimum absolute atomic E-state index is 0.765. The van der Waals surface area contributed by atoms with Crippen LogP contribution >= 0.6 is 0 Å². The van der Waals surface area contributed by atoms with E-state index in [-0.39, 0.29) is 0 Å². The predicted octanol–water partition coefficient (Wildman–Crippen LogP) is 3.11. The zero-order valence-corrected chi connectivity index (χ0v) is 15.6. The molecule has 0 saturated carbocycles. The molecule has 138 valence electrons. The van der Waals surface area contributed by atoms with E-state index in [1.54, 1.807) is 26.6 Å². The Bertz CT molecular complexity index is 931. The van der Waals surface area contributed by atoms with Gasteiger partial charge in [-0.05, 0) is 18.2 Å². The van der Waals surface area contributed by atoms with Gasteiger partial charge in [-0.2, -0.15) is 0 Å². The van der Waals surface area contributed by atoms with E-state index in [1.165, 1.54) is 5.56 Å². The first-order valence-corrected chi connectivity index (χ1v) is 8.95. The summed E-state index contributed by atoms with van der Waals surface area (Å²) in [6.07, 6.45) is 6.40. The van der Waals surface area contributed by atoms with Crippen LogP contribution < -0.4 is 9.47 Å². The van der Waals surface area contributed by atoms with Gasteiger partial charge >= 0.3 is 0 Å². The van der Waals surface area contributed by atoms with Crippen molar-refractivity contribution in [2.75, 3.05) is 20.8 Å². The average Bonchev–Trinajstić information content (AvgIpc) is 2.74. The van der Waals surface area contributed by atoms with Gasteiger partial charge in [0.1, 0.15) is 11.5 Å². The highest BCUT2D eigenvalue weighted by molar-refractivity contribution is 5.54. The number of nitrogens with zero attached hydrogens (tertiary/aromatic N) is 4. The summed E-state index contributed by atoms with van der Waals surface area (Å²) in [5.41, 5.74) is 4.47. The summed E-state index contributed by atoms with van der Waals surface area (Å²) >= 11 is 0. The molecule has 1 aromatic carbocycles.